The fourth-order valence-corrected chi connectivity index (χ4v) is 8.12. The lowest BCUT2D eigenvalue weighted by molar-refractivity contribution is -0.384. The third-order valence-corrected chi connectivity index (χ3v) is 9.80. The Bertz CT molecular complexity index is 1790. The molecule has 0 saturated carbocycles. The Hall–Kier alpha value is -4.75. The highest BCUT2D eigenvalue weighted by molar-refractivity contribution is 8.00. The molecule has 2 unspecified atom stereocenters. The van der Waals surface area contributed by atoms with Crippen LogP contribution in [0.3, 0.4) is 0 Å². The Morgan fingerprint density at radius 2 is 1.67 bits per heavy atom. The number of nitrogens with zero attached hydrogens (tertiary/aromatic N) is 3. The summed E-state index contributed by atoms with van der Waals surface area (Å²) in [5.41, 5.74) is 1.25. The van der Waals surface area contributed by atoms with Gasteiger partial charge in [0.05, 0.1) is 28.7 Å². The van der Waals surface area contributed by atoms with Crippen LogP contribution in [0.2, 0.25) is 0 Å². The Balaban J connectivity index is 1.43. The maximum absolute atomic E-state index is 14.0. The molecule has 1 fully saturated rings. The van der Waals surface area contributed by atoms with Gasteiger partial charge in [0.2, 0.25) is 17.7 Å². The first-order valence-electron chi connectivity index (χ1n) is 12.8. The summed E-state index contributed by atoms with van der Waals surface area (Å²) in [6.07, 6.45) is 0. The molecule has 0 bridgehead atoms. The van der Waals surface area contributed by atoms with Crippen molar-refractivity contribution in [1.82, 2.24) is 4.57 Å². The van der Waals surface area contributed by atoms with Crippen molar-refractivity contribution in [3.8, 4) is 5.75 Å². The maximum Gasteiger partial charge on any atom is 0.308 e. The summed E-state index contributed by atoms with van der Waals surface area (Å²) in [4.78, 5) is 65.9. The Morgan fingerprint density at radius 1 is 0.976 bits per heavy atom. The molecule has 1 saturated heterocycles. The third-order valence-electron chi connectivity index (χ3n) is 7.20. The second-order valence-electron chi connectivity index (χ2n) is 9.61. The molecule has 3 amide bonds. The smallest absolute Gasteiger partial charge is 0.308 e. The van der Waals surface area contributed by atoms with Gasteiger partial charge in [-0.2, -0.15) is 0 Å². The average molecular weight is 603 g/mol. The van der Waals surface area contributed by atoms with E-state index in [0.717, 1.165) is 28.0 Å². The minimum atomic E-state index is -0.910. The molecule has 212 valence electrons. The first-order chi connectivity index (χ1) is 20.3. The van der Waals surface area contributed by atoms with E-state index in [4.69, 9.17) is 4.74 Å². The monoisotopic (exact) mass is 602 g/mol. The molecule has 4 aromatic rings. The van der Waals surface area contributed by atoms with Gasteiger partial charge in [-0.3, -0.25) is 33.9 Å². The van der Waals surface area contributed by atoms with Crippen molar-refractivity contribution in [3.05, 3.63) is 109 Å². The molecule has 3 atom stereocenters. The number of carbonyl (C=O) groups excluding carboxylic acids is 3. The lowest BCUT2D eigenvalue weighted by atomic mass is 9.82. The second-order valence-corrected chi connectivity index (χ2v) is 11.7. The molecule has 3 heterocycles. The van der Waals surface area contributed by atoms with Crippen LogP contribution >= 0.6 is 23.1 Å². The maximum atomic E-state index is 14.0. The number of thioether (sulfide) groups is 1. The van der Waals surface area contributed by atoms with Gasteiger partial charge in [-0.1, -0.05) is 59.5 Å². The standard InChI is InChI=1S/C29H22N4O7S2/c1-40-20-10-6-5-9-19(20)22-23-24(27(36)32(26(23)35)17-11-13-18(14-12-17)33(38)39)41-28-25(22)42-29(37)31(28)15-21(34)30-16-7-3-2-4-8-16/h2-14,22-24H,15H2,1H3,(H,30,34)/t22-,23?,24?/m1/s1. The van der Waals surface area contributed by atoms with Gasteiger partial charge in [-0.25, -0.2) is 4.90 Å². The summed E-state index contributed by atoms with van der Waals surface area (Å²) in [5.74, 6) is -2.51. The van der Waals surface area contributed by atoms with Gasteiger partial charge >= 0.3 is 4.87 Å². The minimum absolute atomic E-state index is 0.170. The summed E-state index contributed by atoms with van der Waals surface area (Å²) in [7, 11) is 1.50. The van der Waals surface area contributed by atoms with Crippen molar-refractivity contribution in [2.75, 3.05) is 17.3 Å². The van der Waals surface area contributed by atoms with Crippen LogP contribution in [0, 0.1) is 16.0 Å². The fourth-order valence-electron chi connectivity index (χ4n) is 5.36. The van der Waals surface area contributed by atoms with Crippen LogP contribution in [0.4, 0.5) is 17.1 Å². The Labute approximate surface area is 246 Å². The molecule has 0 spiro atoms. The Morgan fingerprint density at radius 3 is 2.36 bits per heavy atom. The van der Waals surface area contributed by atoms with E-state index in [1.807, 2.05) is 6.07 Å². The van der Waals surface area contributed by atoms with E-state index in [-0.39, 0.29) is 22.8 Å². The van der Waals surface area contributed by atoms with E-state index < -0.39 is 39.7 Å². The normalized spacial score (nSPS) is 19.3. The highest BCUT2D eigenvalue weighted by atomic mass is 32.2. The SMILES string of the molecule is COc1ccccc1[C@H]1c2sc(=O)n(CC(=O)Nc3ccccc3)c2SC2C(=O)N(c3ccc([N+](=O)[O-])cc3)C(=O)C21. The number of amides is 3. The van der Waals surface area contributed by atoms with E-state index in [2.05, 4.69) is 5.32 Å². The predicted octanol–water partition coefficient (Wildman–Crippen LogP) is 4.26. The van der Waals surface area contributed by atoms with Gasteiger partial charge in [-0.15, -0.1) is 0 Å². The highest BCUT2D eigenvalue weighted by Crippen LogP contribution is 2.55. The molecule has 13 heteroatoms. The van der Waals surface area contributed by atoms with Crippen LogP contribution in [0.5, 0.6) is 5.75 Å². The summed E-state index contributed by atoms with van der Waals surface area (Å²) in [6, 6.07) is 21.2. The van der Waals surface area contributed by atoms with Crippen LogP contribution in [-0.2, 0) is 20.9 Å². The number of nitrogens with one attached hydrogen (secondary N) is 1. The number of hydrogen-bond acceptors (Lipinski definition) is 9. The van der Waals surface area contributed by atoms with Gasteiger partial charge in [0.15, 0.2) is 0 Å². The number of nitro benzene ring substituents is 1. The van der Waals surface area contributed by atoms with E-state index in [0.29, 0.717) is 26.9 Å². The topological polar surface area (TPSA) is 141 Å². The van der Waals surface area contributed by atoms with Crippen molar-refractivity contribution in [1.29, 1.82) is 0 Å². The van der Waals surface area contributed by atoms with Gasteiger partial charge in [0.25, 0.3) is 5.69 Å². The van der Waals surface area contributed by atoms with Crippen LogP contribution in [0.1, 0.15) is 16.4 Å². The number of thiazole rings is 1. The lowest BCUT2D eigenvalue weighted by Crippen LogP contribution is -2.33. The zero-order valence-electron chi connectivity index (χ0n) is 22.0. The number of benzene rings is 3. The van der Waals surface area contributed by atoms with Gasteiger partial charge in [0, 0.05) is 34.2 Å². The molecular weight excluding hydrogens is 580 g/mol. The average Bonchev–Trinajstić information content (AvgIpc) is 3.43. The van der Waals surface area contributed by atoms with Crippen LogP contribution in [0.25, 0.3) is 0 Å². The number of non-ortho nitro benzene ring substituents is 1. The second kappa shape index (κ2) is 10.9. The number of hydrogen-bond donors (Lipinski definition) is 1. The van der Waals surface area contributed by atoms with E-state index in [1.165, 1.54) is 35.9 Å². The summed E-state index contributed by atoms with van der Waals surface area (Å²) < 4.78 is 6.96. The third kappa shape index (κ3) is 4.65. The predicted molar refractivity (Wildman–Crippen MR) is 157 cm³/mol. The van der Waals surface area contributed by atoms with Crippen molar-refractivity contribution in [3.63, 3.8) is 0 Å². The van der Waals surface area contributed by atoms with Crippen molar-refractivity contribution >= 4 is 57.9 Å². The van der Waals surface area contributed by atoms with Crippen molar-refractivity contribution in [2.45, 2.75) is 22.7 Å². The lowest BCUT2D eigenvalue weighted by Gasteiger charge is -2.31. The van der Waals surface area contributed by atoms with Gasteiger partial charge < -0.3 is 10.1 Å². The van der Waals surface area contributed by atoms with Gasteiger partial charge in [-0.05, 0) is 30.3 Å². The molecular formula is C29H22N4O7S2. The number of ether oxygens (including phenoxy) is 1. The molecule has 6 rings (SSSR count). The zero-order chi connectivity index (χ0) is 29.5. The molecule has 1 N–H and O–H groups in total. The fraction of sp³-hybridized carbons (Fsp3) is 0.172. The number of methoxy groups -OCH3 is 1. The number of carbonyl (C=O) groups is 3. The van der Waals surface area contributed by atoms with Crippen LogP contribution in [0.15, 0.2) is 88.7 Å². The molecule has 42 heavy (non-hydrogen) atoms. The van der Waals surface area contributed by atoms with Crippen molar-refractivity contribution < 1.29 is 24.0 Å². The van der Waals surface area contributed by atoms with Gasteiger partial charge in [0.1, 0.15) is 17.5 Å². The number of imide groups is 1. The number of nitro groups is 1. The molecule has 1 aromatic heterocycles. The zero-order valence-corrected chi connectivity index (χ0v) is 23.6. The van der Waals surface area contributed by atoms with Crippen LogP contribution < -0.4 is 19.8 Å². The van der Waals surface area contributed by atoms with Crippen molar-refractivity contribution in [2.24, 2.45) is 5.92 Å². The number of anilines is 2. The number of rotatable bonds is 7. The Kier molecular flexibility index (Phi) is 7.12. The molecule has 0 aliphatic carbocycles. The quantitative estimate of drug-likeness (QED) is 0.188. The molecule has 3 aromatic carbocycles. The highest BCUT2D eigenvalue weighted by Gasteiger charge is 2.57. The number of para-hydroxylation sites is 2. The molecule has 2 aliphatic rings. The van der Waals surface area contributed by atoms with E-state index in [9.17, 15) is 29.3 Å². The summed E-state index contributed by atoms with van der Waals surface area (Å²) >= 11 is 2.02. The first kappa shape index (κ1) is 27.4. The van der Waals surface area contributed by atoms with E-state index in [1.54, 1.807) is 48.5 Å². The largest absolute Gasteiger partial charge is 0.496 e. The minimum Gasteiger partial charge on any atom is -0.496 e. The van der Waals surface area contributed by atoms with E-state index >= 15 is 0 Å². The molecule has 2 aliphatic heterocycles. The number of fused-ring (bicyclic) bond motifs is 2. The number of aromatic nitrogens is 1. The van der Waals surface area contributed by atoms with Crippen LogP contribution in [-0.4, -0.2) is 39.6 Å². The first-order valence-corrected chi connectivity index (χ1v) is 14.5. The summed E-state index contributed by atoms with van der Waals surface area (Å²) in [6.45, 7) is -0.281. The molecule has 0 radical (unpaired) electrons. The molecule has 11 nitrogen and oxygen atoms in total. The summed E-state index contributed by atoms with van der Waals surface area (Å²) in [5, 5.41) is 13.5.